The third kappa shape index (κ3) is 3.61. The van der Waals surface area contributed by atoms with Gasteiger partial charge >= 0.3 is 0 Å². The van der Waals surface area contributed by atoms with Gasteiger partial charge in [0.2, 0.25) is 0 Å². The quantitative estimate of drug-likeness (QED) is 0.835. The number of aromatic nitrogens is 1. The van der Waals surface area contributed by atoms with Crippen LogP contribution in [0, 0.1) is 5.92 Å². The average molecular weight is 298 g/mol. The number of anilines is 1. The molecule has 1 aromatic heterocycles. The molecule has 20 heavy (non-hydrogen) atoms. The molecule has 0 aromatic carbocycles. The first kappa shape index (κ1) is 15.1. The second-order valence-electron chi connectivity index (χ2n) is 5.04. The molecule has 0 bridgehead atoms. The Hall–Kier alpha value is -1.33. The number of hydrogen-bond donors (Lipinski definition) is 2. The van der Waals surface area contributed by atoms with Crippen LogP contribution in [0.2, 0.25) is 5.15 Å². The molecule has 1 aliphatic heterocycles. The zero-order chi connectivity index (χ0) is 14.5. The summed E-state index contributed by atoms with van der Waals surface area (Å²) >= 11 is 5.96. The summed E-state index contributed by atoms with van der Waals surface area (Å²) in [5, 5.41) is 12.6. The molecule has 1 unspecified atom stereocenters. The van der Waals surface area contributed by atoms with Crippen LogP contribution in [0.15, 0.2) is 12.1 Å². The van der Waals surface area contributed by atoms with Gasteiger partial charge in [-0.15, -0.1) is 0 Å². The highest BCUT2D eigenvalue weighted by atomic mass is 35.5. The molecule has 0 aliphatic carbocycles. The SMILES string of the molecule is CCNc1cc(C(=O)N2CCCC(CO)C2)cc(Cl)n1. The fourth-order valence-corrected chi connectivity index (χ4v) is 2.68. The minimum Gasteiger partial charge on any atom is -0.396 e. The lowest BCUT2D eigenvalue weighted by molar-refractivity contribution is 0.0620. The number of carbonyl (C=O) groups is 1. The predicted molar refractivity (Wildman–Crippen MR) is 79.1 cm³/mol. The minimum absolute atomic E-state index is 0.0494. The van der Waals surface area contributed by atoms with Gasteiger partial charge in [0, 0.05) is 31.8 Å². The van der Waals surface area contributed by atoms with Gasteiger partial charge in [-0.25, -0.2) is 4.98 Å². The highest BCUT2D eigenvalue weighted by Crippen LogP contribution is 2.21. The van der Waals surface area contributed by atoms with Crippen LogP contribution in [-0.4, -0.2) is 47.1 Å². The molecular formula is C14H20ClN3O2. The van der Waals surface area contributed by atoms with E-state index in [1.54, 1.807) is 17.0 Å². The summed E-state index contributed by atoms with van der Waals surface area (Å²) in [4.78, 5) is 18.4. The Labute approximate surface area is 123 Å². The molecule has 0 saturated carbocycles. The van der Waals surface area contributed by atoms with Gasteiger partial charge in [0.15, 0.2) is 0 Å². The van der Waals surface area contributed by atoms with Crippen molar-refractivity contribution in [3.8, 4) is 0 Å². The number of aliphatic hydroxyl groups is 1. The molecule has 1 saturated heterocycles. The number of rotatable bonds is 4. The number of likely N-dealkylation sites (tertiary alicyclic amines) is 1. The Morgan fingerprint density at radius 1 is 1.60 bits per heavy atom. The summed E-state index contributed by atoms with van der Waals surface area (Å²) in [6, 6.07) is 3.31. The van der Waals surface area contributed by atoms with Crippen molar-refractivity contribution in [1.29, 1.82) is 0 Å². The minimum atomic E-state index is -0.0494. The number of nitrogens with one attached hydrogen (secondary N) is 1. The second kappa shape index (κ2) is 6.90. The van der Waals surface area contributed by atoms with Crippen molar-refractivity contribution < 1.29 is 9.90 Å². The summed E-state index contributed by atoms with van der Waals surface area (Å²) in [7, 11) is 0. The largest absolute Gasteiger partial charge is 0.396 e. The summed E-state index contributed by atoms with van der Waals surface area (Å²) in [5.41, 5.74) is 0.541. The molecular weight excluding hydrogens is 278 g/mol. The van der Waals surface area contributed by atoms with E-state index in [4.69, 9.17) is 11.6 Å². The maximum atomic E-state index is 12.5. The van der Waals surface area contributed by atoms with Gasteiger partial charge in [-0.05, 0) is 37.8 Å². The fraction of sp³-hybridized carbons (Fsp3) is 0.571. The molecule has 0 spiro atoms. The Balaban J connectivity index is 2.15. The summed E-state index contributed by atoms with van der Waals surface area (Å²) in [6.07, 6.45) is 1.90. The van der Waals surface area contributed by atoms with Crippen LogP contribution in [0.25, 0.3) is 0 Å². The number of hydrogen-bond acceptors (Lipinski definition) is 4. The molecule has 0 radical (unpaired) electrons. The highest BCUT2D eigenvalue weighted by Gasteiger charge is 2.24. The van der Waals surface area contributed by atoms with Crippen molar-refractivity contribution in [2.75, 3.05) is 31.6 Å². The topological polar surface area (TPSA) is 65.5 Å². The van der Waals surface area contributed by atoms with Gasteiger partial charge in [0.1, 0.15) is 11.0 Å². The van der Waals surface area contributed by atoms with E-state index in [0.717, 1.165) is 25.9 Å². The van der Waals surface area contributed by atoms with E-state index in [1.807, 2.05) is 6.92 Å². The van der Waals surface area contributed by atoms with Crippen LogP contribution >= 0.6 is 11.6 Å². The zero-order valence-electron chi connectivity index (χ0n) is 11.6. The van der Waals surface area contributed by atoms with Gasteiger partial charge in [0.25, 0.3) is 5.91 Å². The van der Waals surface area contributed by atoms with Crippen LogP contribution < -0.4 is 5.32 Å². The first-order valence-corrected chi connectivity index (χ1v) is 7.33. The van der Waals surface area contributed by atoms with Crippen LogP contribution in [0.1, 0.15) is 30.1 Å². The summed E-state index contributed by atoms with van der Waals surface area (Å²) in [6.45, 7) is 4.14. The third-order valence-corrected chi connectivity index (χ3v) is 3.66. The lowest BCUT2D eigenvalue weighted by Crippen LogP contribution is -2.41. The first-order valence-electron chi connectivity index (χ1n) is 6.95. The summed E-state index contributed by atoms with van der Waals surface area (Å²) in [5.74, 6) is 0.740. The lowest BCUT2D eigenvalue weighted by Gasteiger charge is -2.32. The molecule has 2 rings (SSSR count). The van der Waals surface area contributed by atoms with Crippen LogP contribution in [0.4, 0.5) is 5.82 Å². The van der Waals surface area contributed by atoms with E-state index < -0.39 is 0 Å². The van der Waals surface area contributed by atoms with Gasteiger partial charge in [-0.3, -0.25) is 4.79 Å². The van der Waals surface area contributed by atoms with E-state index in [2.05, 4.69) is 10.3 Å². The monoisotopic (exact) mass is 297 g/mol. The molecule has 1 amide bonds. The highest BCUT2D eigenvalue weighted by molar-refractivity contribution is 6.29. The normalized spacial score (nSPS) is 18.9. The number of halogens is 1. The van der Waals surface area contributed by atoms with Crippen molar-refractivity contribution in [3.05, 3.63) is 22.8 Å². The predicted octanol–water partition coefficient (Wildman–Crippen LogP) is 2.01. The van der Waals surface area contributed by atoms with E-state index in [9.17, 15) is 9.90 Å². The Kier molecular flexibility index (Phi) is 5.20. The van der Waals surface area contributed by atoms with Crippen molar-refractivity contribution in [1.82, 2.24) is 9.88 Å². The standard InChI is InChI=1S/C14H20ClN3O2/c1-2-16-13-7-11(6-12(15)17-13)14(20)18-5-3-4-10(8-18)9-19/h6-7,10,19H,2-5,8-9H2,1H3,(H,16,17). The molecule has 1 atom stereocenters. The van der Waals surface area contributed by atoms with Crippen LogP contribution in [-0.2, 0) is 0 Å². The van der Waals surface area contributed by atoms with Gasteiger partial charge in [-0.1, -0.05) is 11.6 Å². The Morgan fingerprint density at radius 2 is 2.40 bits per heavy atom. The molecule has 2 N–H and O–H groups in total. The number of pyridine rings is 1. The zero-order valence-corrected chi connectivity index (χ0v) is 12.4. The van der Waals surface area contributed by atoms with E-state index >= 15 is 0 Å². The number of amides is 1. The Bertz CT molecular complexity index is 481. The van der Waals surface area contributed by atoms with Gasteiger partial charge in [0.05, 0.1) is 0 Å². The van der Waals surface area contributed by atoms with Crippen molar-refractivity contribution in [3.63, 3.8) is 0 Å². The molecule has 2 heterocycles. The van der Waals surface area contributed by atoms with Crippen molar-refractivity contribution >= 4 is 23.3 Å². The number of aliphatic hydroxyl groups excluding tert-OH is 1. The number of carbonyl (C=O) groups excluding carboxylic acids is 1. The van der Waals surface area contributed by atoms with Crippen molar-refractivity contribution in [2.45, 2.75) is 19.8 Å². The summed E-state index contributed by atoms with van der Waals surface area (Å²) < 4.78 is 0. The number of nitrogens with zero attached hydrogens (tertiary/aromatic N) is 2. The lowest BCUT2D eigenvalue weighted by atomic mass is 9.98. The molecule has 1 aliphatic rings. The van der Waals surface area contributed by atoms with E-state index in [-0.39, 0.29) is 18.4 Å². The smallest absolute Gasteiger partial charge is 0.254 e. The van der Waals surface area contributed by atoms with Gasteiger partial charge in [-0.2, -0.15) is 0 Å². The first-order chi connectivity index (χ1) is 9.63. The van der Waals surface area contributed by atoms with Gasteiger partial charge < -0.3 is 15.3 Å². The maximum absolute atomic E-state index is 12.5. The van der Waals surface area contributed by atoms with Crippen LogP contribution in [0.3, 0.4) is 0 Å². The average Bonchev–Trinajstić information content (AvgIpc) is 2.46. The Morgan fingerprint density at radius 3 is 3.10 bits per heavy atom. The number of piperidine rings is 1. The van der Waals surface area contributed by atoms with E-state index in [1.165, 1.54) is 0 Å². The third-order valence-electron chi connectivity index (χ3n) is 3.46. The molecule has 110 valence electrons. The second-order valence-corrected chi connectivity index (χ2v) is 5.42. The molecule has 6 heteroatoms. The van der Waals surface area contributed by atoms with Crippen molar-refractivity contribution in [2.24, 2.45) is 5.92 Å². The van der Waals surface area contributed by atoms with Crippen LogP contribution in [0.5, 0.6) is 0 Å². The maximum Gasteiger partial charge on any atom is 0.254 e. The fourth-order valence-electron chi connectivity index (χ4n) is 2.47. The molecule has 1 aromatic rings. The molecule has 5 nitrogen and oxygen atoms in total. The molecule has 1 fully saturated rings. The van der Waals surface area contributed by atoms with E-state index in [0.29, 0.717) is 23.1 Å².